The van der Waals surface area contributed by atoms with E-state index >= 15 is 0 Å². The average Bonchev–Trinajstić information content (AvgIpc) is 2.17. The molecule has 2 nitrogen and oxygen atoms in total. The number of aldehydes is 1. The van der Waals surface area contributed by atoms with Gasteiger partial charge < -0.3 is 5.11 Å². The van der Waals surface area contributed by atoms with E-state index in [9.17, 15) is 9.90 Å². The highest BCUT2D eigenvalue weighted by Gasteiger charge is 2.09. The van der Waals surface area contributed by atoms with Crippen molar-refractivity contribution in [2.45, 2.75) is 26.7 Å². The Kier molecular flexibility index (Phi) is 3.07. The van der Waals surface area contributed by atoms with Crippen LogP contribution in [0.15, 0.2) is 12.1 Å². The molecular weight excluding hydrogens is 164 g/mol. The van der Waals surface area contributed by atoms with Gasteiger partial charge in [0.2, 0.25) is 0 Å². The van der Waals surface area contributed by atoms with E-state index in [1.807, 2.05) is 13.8 Å². The Hall–Kier alpha value is -1.31. The lowest BCUT2D eigenvalue weighted by atomic mass is 9.98. The van der Waals surface area contributed by atoms with Crippen molar-refractivity contribution in [3.8, 4) is 5.75 Å². The molecule has 0 fully saturated rings. The zero-order valence-corrected chi connectivity index (χ0v) is 8.00. The lowest BCUT2D eigenvalue weighted by molar-refractivity contribution is 0.112. The minimum Gasteiger partial charge on any atom is -0.508 e. The fourth-order valence-electron chi connectivity index (χ4n) is 1.53. The topological polar surface area (TPSA) is 37.3 Å². The number of rotatable bonds is 3. The highest BCUT2D eigenvalue weighted by atomic mass is 16.3. The molecule has 0 aliphatic carbocycles. The van der Waals surface area contributed by atoms with Crippen LogP contribution in [-0.2, 0) is 12.8 Å². The smallest absolute Gasteiger partial charge is 0.150 e. The third-order valence-corrected chi connectivity index (χ3v) is 2.27. The molecule has 0 saturated carbocycles. The molecule has 0 bridgehead atoms. The maximum Gasteiger partial charge on any atom is 0.150 e. The summed E-state index contributed by atoms with van der Waals surface area (Å²) in [5.41, 5.74) is 2.42. The molecule has 0 aromatic heterocycles. The van der Waals surface area contributed by atoms with Gasteiger partial charge in [-0.1, -0.05) is 19.9 Å². The largest absolute Gasteiger partial charge is 0.508 e. The Labute approximate surface area is 78.2 Å². The highest BCUT2D eigenvalue weighted by Crippen LogP contribution is 2.24. The first-order valence-corrected chi connectivity index (χ1v) is 4.53. The first kappa shape index (κ1) is 9.78. The Balaban J connectivity index is 3.36. The van der Waals surface area contributed by atoms with Gasteiger partial charge in [-0.25, -0.2) is 0 Å². The number of phenols is 1. The molecule has 0 amide bonds. The van der Waals surface area contributed by atoms with E-state index in [4.69, 9.17) is 0 Å². The number of hydrogen-bond donors (Lipinski definition) is 1. The molecule has 70 valence electrons. The Bertz CT molecular complexity index is 316. The molecule has 1 aromatic rings. The monoisotopic (exact) mass is 178 g/mol. The van der Waals surface area contributed by atoms with E-state index in [0.717, 1.165) is 23.8 Å². The van der Waals surface area contributed by atoms with Gasteiger partial charge in [0.1, 0.15) is 5.75 Å². The summed E-state index contributed by atoms with van der Waals surface area (Å²) in [6.07, 6.45) is 2.34. The van der Waals surface area contributed by atoms with Gasteiger partial charge in [-0.2, -0.15) is 0 Å². The summed E-state index contributed by atoms with van der Waals surface area (Å²) in [6.45, 7) is 3.93. The van der Waals surface area contributed by atoms with Crippen molar-refractivity contribution >= 4 is 6.29 Å². The number of aryl methyl sites for hydroxylation is 1. The second-order valence-electron chi connectivity index (χ2n) is 2.96. The molecule has 0 spiro atoms. The average molecular weight is 178 g/mol. The molecule has 0 atom stereocenters. The van der Waals surface area contributed by atoms with Gasteiger partial charge in [0.15, 0.2) is 6.29 Å². The fraction of sp³-hybridized carbons (Fsp3) is 0.364. The molecule has 2 heteroatoms. The van der Waals surface area contributed by atoms with E-state index in [-0.39, 0.29) is 5.75 Å². The van der Waals surface area contributed by atoms with Gasteiger partial charge in [-0.15, -0.1) is 0 Å². The Morgan fingerprint density at radius 1 is 1.31 bits per heavy atom. The summed E-state index contributed by atoms with van der Waals surface area (Å²) in [4.78, 5) is 10.8. The van der Waals surface area contributed by atoms with E-state index in [1.165, 1.54) is 0 Å². The molecule has 0 unspecified atom stereocenters. The predicted molar refractivity (Wildman–Crippen MR) is 52.3 cm³/mol. The van der Waals surface area contributed by atoms with Crippen molar-refractivity contribution in [2.24, 2.45) is 0 Å². The van der Waals surface area contributed by atoms with Crippen LogP contribution in [0.4, 0.5) is 0 Å². The molecular formula is C11H14O2. The number of hydrogen-bond acceptors (Lipinski definition) is 2. The molecule has 0 aliphatic rings. The van der Waals surface area contributed by atoms with Gasteiger partial charge in [-0.3, -0.25) is 4.79 Å². The summed E-state index contributed by atoms with van der Waals surface area (Å²) in [5, 5.41) is 9.48. The number of phenolic OH excluding ortho intramolecular Hbond substituents is 1. The van der Waals surface area contributed by atoms with E-state index in [2.05, 4.69) is 0 Å². The van der Waals surface area contributed by atoms with Crippen molar-refractivity contribution < 1.29 is 9.90 Å². The summed E-state index contributed by atoms with van der Waals surface area (Å²) in [6, 6.07) is 3.46. The molecule has 0 heterocycles. The Morgan fingerprint density at radius 2 is 2.00 bits per heavy atom. The van der Waals surface area contributed by atoms with Gasteiger partial charge in [0.25, 0.3) is 0 Å². The second kappa shape index (κ2) is 4.08. The maximum atomic E-state index is 10.8. The van der Waals surface area contributed by atoms with Crippen molar-refractivity contribution in [3.63, 3.8) is 0 Å². The molecule has 0 aliphatic heterocycles. The number of aromatic hydroxyl groups is 1. The quantitative estimate of drug-likeness (QED) is 0.721. The van der Waals surface area contributed by atoms with Crippen LogP contribution in [0.2, 0.25) is 0 Å². The number of carbonyl (C=O) groups excluding carboxylic acids is 1. The Morgan fingerprint density at radius 3 is 2.46 bits per heavy atom. The van der Waals surface area contributed by atoms with Crippen LogP contribution in [0, 0.1) is 0 Å². The third kappa shape index (κ3) is 1.72. The maximum absolute atomic E-state index is 10.8. The van der Waals surface area contributed by atoms with E-state index in [0.29, 0.717) is 12.0 Å². The van der Waals surface area contributed by atoms with Gasteiger partial charge in [0, 0.05) is 11.1 Å². The van der Waals surface area contributed by atoms with Crippen LogP contribution in [0.25, 0.3) is 0 Å². The lowest BCUT2D eigenvalue weighted by Crippen LogP contribution is -1.97. The van der Waals surface area contributed by atoms with E-state index < -0.39 is 0 Å². The highest BCUT2D eigenvalue weighted by molar-refractivity contribution is 5.81. The molecule has 1 aromatic carbocycles. The second-order valence-corrected chi connectivity index (χ2v) is 2.96. The van der Waals surface area contributed by atoms with Crippen molar-refractivity contribution in [3.05, 3.63) is 28.8 Å². The minimum atomic E-state index is 0.224. The van der Waals surface area contributed by atoms with Crippen LogP contribution in [0.5, 0.6) is 5.75 Å². The van der Waals surface area contributed by atoms with Crippen LogP contribution < -0.4 is 0 Å². The van der Waals surface area contributed by atoms with Crippen LogP contribution in [0.1, 0.15) is 35.3 Å². The molecule has 1 rings (SSSR count). The summed E-state index contributed by atoms with van der Waals surface area (Å²) < 4.78 is 0. The SMILES string of the molecule is CCc1ccc(O)c(CC)c1C=O. The summed E-state index contributed by atoms with van der Waals surface area (Å²) in [5.74, 6) is 0.224. The minimum absolute atomic E-state index is 0.224. The van der Waals surface area contributed by atoms with Crippen molar-refractivity contribution in [1.82, 2.24) is 0 Å². The normalized spacial score (nSPS) is 10.0. The van der Waals surface area contributed by atoms with Crippen molar-refractivity contribution in [1.29, 1.82) is 0 Å². The molecule has 0 saturated heterocycles. The van der Waals surface area contributed by atoms with Crippen molar-refractivity contribution in [2.75, 3.05) is 0 Å². The first-order chi connectivity index (χ1) is 6.24. The van der Waals surface area contributed by atoms with Gasteiger partial charge in [0.05, 0.1) is 0 Å². The zero-order chi connectivity index (χ0) is 9.84. The van der Waals surface area contributed by atoms with Gasteiger partial charge in [-0.05, 0) is 24.5 Å². The molecule has 0 radical (unpaired) electrons. The first-order valence-electron chi connectivity index (χ1n) is 4.53. The number of carbonyl (C=O) groups is 1. The predicted octanol–water partition coefficient (Wildman–Crippen LogP) is 2.33. The van der Waals surface area contributed by atoms with Crippen LogP contribution >= 0.6 is 0 Å². The van der Waals surface area contributed by atoms with Crippen LogP contribution in [0.3, 0.4) is 0 Å². The summed E-state index contributed by atoms with van der Waals surface area (Å²) >= 11 is 0. The van der Waals surface area contributed by atoms with E-state index in [1.54, 1.807) is 12.1 Å². The lowest BCUT2D eigenvalue weighted by Gasteiger charge is -2.08. The van der Waals surface area contributed by atoms with Crippen LogP contribution in [-0.4, -0.2) is 11.4 Å². The third-order valence-electron chi connectivity index (χ3n) is 2.27. The number of benzene rings is 1. The molecule has 13 heavy (non-hydrogen) atoms. The zero-order valence-electron chi connectivity index (χ0n) is 8.00. The summed E-state index contributed by atoms with van der Waals surface area (Å²) in [7, 11) is 0. The molecule has 1 N–H and O–H groups in total. The standard InChI is InChI=1S/C11H14O2/c1-3-8-5-6-11(13)9(4-2)10(8)7-12/h5-7,13H,3-4H2,1-2H3. The van der Waals surface area contributed by atoms with Gasteiger partial charge >= 0.3 is 0 Å². The fourth-order valence-corrected chi connectivity index (χ4v) is 1.53.